The van der Waals surface area contributed by atoms with E-state index < -0.39 is 5.72 Å². The highest BCUT2D eigenvalue weighted by Gasteiger charge is 2.30. The average Bonchev–Trinajstić information content (AvgIpc) is 2.80. The van der Waals surface area contributed by atoms with Crippen molar-refractivity contribution in [3.8, 4) is 0 Å². The van der Waals surface area contributed by atoms with Gasteiger partial charge in [-0.25, -0.2) is 0 Å². The molecule has 0 saturated carbocycles. The molecule has 0 aromatic heterocycles. The second kappa shape index (κ2) is 24.0. The molecule has 0 aromatic carbocycles. The molecular weight excluding hydrogens is 394 g/mol. The topological polar surface area (TPSA) is 30.5 Å². The third-order valence-electron chi connectivity index (χ3n) is 7.04. The van der Waals surface area contributed by atoms with Crippen LogP contribution in [-0.4, -0.2) is 32.1 Å². The van der Waals surface area contributed by atoms with Gasteiger partial charge >= 0.3 is 0 Å². The summed E-state index contributed by atoms with van der Waals surface area (Å²) in [6.45, 7) is 10.5. The van der Waals surface area contributed by atoms with E-state index in [9.17, 15) is 0 Å². The highest BCUT2D eigenvalue weighted by Crippen LogP contribution is 2.18. The van der Waals surface area contributed by atoms with Crippen LogP contribution in [0.4, 0.5) is 0 Å². The highest BCUT2D eigenvalue weighted by molar-refractivity contribution is 4.78. The Morgan fingerprint density at radius 1 is 0.562 bits per heavy atom. The lowest BCUT2D eigenvalue weighted by Gasteiger charge is -2.35. The maximum Gasteiger partial charge on any atom is 0.142 e. The maximum atomic E-state index is 6.23. The molecule has 0 rings (SSSR count). The molecule has 0 heterocycles. The van der Waals surface area contributed by atoms with E-state index in [4.69, 9.17) is 9.47 Å². The Bertz CT molecular complexity index is 363. The summed E-state index contributed by atoms with van der Waals surface area (Å²) in [6.07, 6.45) is 27.3. The summed E-state index contributed by atoms with van der Waals surface area (Å²) in [5.41, 5.74) is -0.391. The molecule has 194 valence electrons. The summed E-state index contributed by atoms with van der Waals surface area (Å²) in [7, 11) is 1.99. The zero-order chi connectivity index (χ0) is 23.8. The fourth-order valence-electron chi connectivity index (χ4n) is 4.28. The van der Waals surface area contributed by atoms with E-state index in [1.165, 1.54) is 122 Å². The van der Waals surface area contributed by atoms with Crippen molar-refractivity contribution in [1.29, 1.82) is 0 Å². The summed E-state index contributed by atoms with van der Waals surface area (Å²) in [6, 6.07) is 0. The van der Waals surface area contributed by atoms with Crippen LogP contribution in [0.15, 0.2) is 0 Å². The molecule has 0 radical (unpaired) electrons. The normalized spacial score (nSPS) is 14.5. The maximum absolute atomic E-state index is 6.23. The number of unbranched alkanes of at least 4 members (excludes halogenated alkanes) is 18. The molecule has 0 spiro atoms. The van der Waals surface area contributed by atoms with Crippen LogP contribution in [0, 0.1) is 0 Å². The van der Waals surface area contributed by atoms with Gasteiger partial charge in [-0.2, -0.15) is 0 Å². The van der Waals surface area contributed by atoms with Crippen molar-refractivity contribution in [2.24, 2.45) is 0 Å². The molecule has 1 N–H and O–H groups in total. The van der Waals surface area contributed by atoms with Crippen molar-refractivity contribution >= 4 is 0 Å². The average molecular weight is 456 g/mol. The Labute approximate surface area is 203 Å². The predicted molar refractivity (Wildman–Crippen MR) is 143 cm³/mol. The molecule has 0 amide bonds. The number of rotatable bonds is 26. The molecule has 2 atom stereocenters. The van der Waals surface area contributed by atoms with E-state index in [2.05, 4.69) is 33.0 Å². The van der Waals surface area contributed by atoms with Crippen molar-refractivity contribution in [3.05, 3.63) is 0 Å². The van der Waals surface area contributed by atoms with Gasteiger partial charge in [-0.3, -0.25) is 5.32 Å². The molecule has 3 nitrogen and oxygen atoms in total. The lowest BCUT2D eigenvalue weighted by molar-refractivity contribution is -0.146. The van der Waals surface area contributed by atoms with Crippen LogP contribution >= 0.6 is 0 Å². The van der Waals surface area contributed by atoms with Gasteiger partial charge in [0.25, 0.3) is 0 Å². The van der Waals surface area contributed by atoms with Crippen molar-refractivity contribution < 1.29 is 9.47 Å². The Hall–Kier alpha value is -0.120. The first-order valence-corrected chi connectivity index (χ1v) is 14.5. The van der Waals surface area contributed by atoms with Crippen molar-refractivity contribution in [2.45, 2.75) is 168 Å². The summed E-state index contributed by atoms with van der Waals surface area (Å²) in [5, 5.41) is 3.36. The standard InChI is InChI=1S/C29H61NO2/c1-6-8-10-12-14-16-18-20-22-24-26-31-28(3)29(4,30-5)32-27-25-23-21-19-17-15-13-11-9-7-2/h28,30H,6-27H2,1-5H3. The third kappa shape index (κ3) is 19.4. The predicted octanol–water partition coefficient (Wildman–Crippen LogP) is 9.19. The highest BCUT2D eigenvalue weighted by atomic mass is 16.6. The molecule has 32 heavy (non-hydrogen) atoms. The minimum atomic E-state index is -0.391. The first-order chi connectivity index (χ1) is 15.6. The zero-order valence-corrected chi connectivity index (χ0v) is 23.0. The number of hydrogen-bond acceptors (Lipinski definition) is 3. The second-order valence-corrected chi connectivity index (χ2v) is 10.1. The van der Waals surface area contributed by atoms with Gasteiger partial charge in [-0.15, -0.1) is 0 Å². The largest absolute Gasteiger partial charge is 0.374 e. The molecule has 0 aliphatic carbocycles. The summed E-state index contributed by atoms with van der Waals surface area (Å²) in [5.74, 6) is 0. The number of likely N-dealkylation sites (N-methyl/N-ethyl adjacent to an activating group) is 1. The van der Waals surface area contributed by atoms with Crippen molar-refractivity contribution in [2.75, 3.05) is 20.3 Å². The number of ether oxygens (including phenoxy) is 2. The van der Waals surface area contributed by atoms with Crippen LogP contribution in [-0.2, 0) is 9.47 Å². The van der Waals surface area contributed by atoms with E-state index in [0.717, 1.165) is 19.6 Å². The minimum absolute atomic E-state index is 0.0641. The first kappa shape index (κ1) is 31.9. The van der Waals surface area contributed by atoms with Crippen LogP contribution in [0.1, 0.15) is 156 Å². The van der Waals surface area contributed by atoms with Crippen molar-refractivity contribution in [3.63, 3.8) is 0 Å². The Morgan fingerprint density at radius 2 is 0.906 bits per heavy atom. The molecule has 0 fully saturated rings. The Balaban J connectivity index is 3.62. The van der Waals surface area contributed by atoms with Gasteiger partial charge in [0.15, 0.2) is 0 Å². The van der Waals surface area contributed by atoms with Crippen LogP contribution in [0.25, 0.3) is 0 Å². The van der Waals surface area contributed by atoms with E-state index in [0.29, 0.717) is 0 Å². The molecule has 0 aliphatic rings. The van der Waals surface area contributed by atoms with E-state index in [1.54, 1.807) is 0 Å². The number of hydrogen-bond donors (Lipinski definition) is 1. The monoisotopic (exact) mass is 455 g/mol. The molecule has 0 aromatic rings. The quantitative estimate of drug-likeness (QED) is 0.104. The zero-order valence-electron chi connectivity index (χ0n) is 23.0. The van der Waals surface area contributed by atoms with Gasteiger partial charge in [-0.05, 0) is 33.7 Å². The molecule has 3 heteroatoms. The molecule has 0 bridgehead atoms. The summed E-state index contributed by atoms with van der Waals surface area (Å²) >= 11 is 0. The SMILES string of the molecule is CCCCCCCCCCCCOC(C)C(C)(NC)OCCCCCCCCCCCC. The van der Waals surface area contributed by atoms with E-state index in [-0.39, 0.29) is 6.10 Å². The summed E-state index contributed by atoms with van der Waals surface area (Å²) in [4.78, 5) is 0. The van der Waals surface area contributed by atoms with Crippen molar-refractivity contribution in [1.82, 2.24) is 5.32 Å². The molecule has 0 saturated heterocycles. The van der Waals surface area contributed by atoms with Gasteiger partial charge in [0.1, 0.15) is 5.72 Å². The number of nitrogens with one attached hydrogen (secondary N) is 1. The molecule has 2 unspecified atom stereocenters. The van der Waals surface area contributed by atoms with Gasteiger partial charge in [0, 0.05) is 13.2 Å². The molecule has 0 aliphatic heterocycles. The third-order valence-corrected chi connectivity index (χ3v) is 7.04. The molecular formula is C29H61NO2. The van der Waals surface area contributed by atoms with E-state index >= 15 is 0 Å². The fraction of sp³-hybridized carbons (Fsp3) is 1.00. The fourth-order valence-corrected chi connectivity index (χ4v) is 4.28. The lowest BCUT2D eigenvalue weighted by Crippen LogP contribution is -2.52. The van der Waals surface area contributed by atoms with Gasteiger partial charge in [0.05, 0.1) is 6.10 Å². The Morgan fingerprint density at radius 3 is 1.28 bits per heavy atom. The smallest absolute Gasteiger partial charge is 0.142 e. The summed E-state index contributed by atoms with van der Waals surface area (Å²) < 4.78 is 12.4. The van der Waals surface area contributed by atoms with Gasteiger partial charge in [0.2, 0.25) is 0 Å². The minimum Gasteiger partial charge on any atom is -0.374 e. The van der Waals surface area contributed by atoms with Gasteiger partial charge in [-0.1, -0.05) is 129 Å². The van der Waals surface area contributed by atoms with Crippen LogP contribution < -0.4 is 5.32 Å². The van der Waals surface area contributed by atoms with E-state index in [1.807, 2.05) is 7.05 Å². The Kier molecular flexibility index (Phi) is 23.9. The second-order valence-electron chi connectivity index (χ2n) is 10.1. The van der Waals surface area contributed by atoms with Crippen LogP contribution in [0.3, 0.4) is 0 Å². The lowest BCUT2D eigenvalue weighted by atomic mass is 10.1. The van der Waals surface area contributed by atoms with Crippen LogP contribution in [0.2, 0.25) is 0 Å². The van der Waals surface area contributed by atoms with Crippen LogP contribution in [0.5, 0.6) is 0 Å². The first-order valence-electron chi connectivity index (χ1n) is 14.5. The van der Waals surface area contributed by atoms with Gasteiger partial charge < -0.3 is 9.47 Å².